The van der Waals surface area contributed by atoms with E-state index in [-0.39, 0.29) is 0 Å². The van der Waals surface area contributed by atoms with Gasteiger partial charge in [0.2, 0.25) is 0 Å². The monoisotopic (exact) mass is 222 g/mol. The van der Waals surface area contributed by atoms with E-state index in [9.17, 15) is 0 Å². The van der Waals surface area contributed by atoms with E-state index in [0.717, 1.165) is 12.3 Å². The third-order valence-electron chi connectivity index (χ3n) is 3.95. The van der Waals surface area contributed by atoms with Crippen molar-refractivity contribution in [2.45, 2.75) is 44.4 Å². The number of halogens is 1. The van der Waals surface area contributed by atoms with Crippen LogP contribution < -0.4 is 0 Å². The summed E-state index contributed by atoms with van der Waals surface area (Å²) in [6.07, 6.45) is 9.41. The molecule has 1 fully saturated rings. The lowest BCUT2D eigenvalue weighted by Gasteiger charge is -2.36. The van der Waals surface area contributed by atoms with Gasteiger partial charge in [-0.2, -0.15) is 0 Å². The van der Waals surface area contributed by atoms with Gasteiger partial charge in [-0.1, -0.05) is 24.4 Å². The number of aromatic nitrogens is 2. The highest BCUT2D eigenvalue weighted by molar-refractivity contribution is 6.30. The third-order valence-corrected chi connectivity index (χ3v) is 4.28. The van der Waals surface area contributed by atoms with Gasteiger partial charge in [-0.3, -0.25) is 0 Å². The quantitative estimate of drug-likeness (QED) is 0.630. The molecule has 0 saturated heterocycles. The Hall–Kier alpha value is -0.630. The predicted molar refractivity (Wildman–Crippen MR) is 60.1 cm³/mol. The topological polar surface area (TPSA) is 25.8 Å². The van der Waals surface area contributed by atoms with E-state index in [4.69, 9.17) is 11.6 Å². The Kier molecular flexibility index (Phi) is 2.39. The van der Waals surface area contributed by atoms with Crippen molar-refractivity contribution in [2.75, 3.05) is 0 Å². The Morgan fingerprint density at radius 2 is 2.00 bits per heavy atom. The second kappa shape index (κ2) is 3.75. The van der Waals surface area contributed by atoms with Gasteiger partial charge in [0.05, 0.1) is 5.69 Å². The Balaban J connectivity index is 2.03. The average molecular weight is 223 g/mol. The summed E-state index contributed by atoms with van der Waals surface area (Å²) in [6, 6.07) is 0. The van der Waals surface area contributed by atoms with Crippen LogP contribution in [-0.4, -0.2) is 9.97 Å². The standard InChI is InChI=1S/C12H15ClN2/c13-12-10-6-5-8-3-1-2-4-9(8)11(10)14-7-15-12/h7-9H,1-6H2/t8-,9-/m1/s1. The molecular formula is C12H15ClN2. The Bertz CT molecular complexity index is 378. The minimum absolute atomic E-state index is 0.669. The van der Waals surface area contributed by atoms with Crippen LogP contribution in [0.4, 0.5) is 0 Å². The molecule has 2 atom stereocenters. The Morgan fingerprint density at radius 3 is 2.93 bits per heavy atom. The summed E-state index contributed by atoms with van der Waals surface area (Å²) in [7, 11) is 0. The number of hydrogen-bond donors (Lipinski definition) is 0. The maximum Gasteiger partial charge on any atom is 0.135 e. The molecule has 1 saturated carbocycles. The van der Waals surface area contributed by atoms with Crippen molar-refractivity contribution >= 4 is 11.6 Å². The van der Waals surface area contributed by atoms with Gasteiger partial charge in [0.25, 0.3) is 0 Å². The molecule has 3 rings (SSSR count). The van der Waals surface area contributed by atoms with Crippen molar-refractivity contribution in [3.05, 3.63) is 22.7 Å². The second-order valence-corrected chi connectivity index (χ2v) is 5.08. The predicted octanol–water partition coefficient (Wildman–Crippen LogP) is 3.35. The zero-order valence-corrected chi connectivity index (χ0v) is 9.50. The van der Waals surface area contributed by atoms with Crippen molar-refractivity contribution in [3.63, 3.8) is 0 Å². The smallest absolute Gasteiger partial charge is 0.135 e. The van der Waals surface area contributed by atoms with E-state index >= 15 is 0 Å². The first-order chi connectivity index (χ1) is 7.36. The van der Waals surface area contributed by atoms with Gasteiger partial charge < -0.3 is 0 Å². The third kappa shape index (κ3) is 1.55. The molecular weight excluding hydrogens is 208 g/mol. The minimum atomic E-state index is 0.669. The summed E-state index contributed by atoms with van der Waals surface area (Å²) in [4.78, 5) is 8.55. The largest absolute Gasteiger partial charge is 0.241 e. The first kappa shape index (κ1) is 9.59. The normalized spacial score (nSPS) is 29.4. The van der Waals surface area contributed by atoms with Crippen molar-refractivity contribution < 1.29 is 0 Å². The summed E-state index contributed by atoms with van der Waals surface area (Å²) >= 11 is 6.12. The lowest BCUT2D eigenvalue weighted by atomic mass is 9.70. The van der Waals surface area contributed by atoms with Crippen LogP contribution in [-0.2, 0) is 6.42 Å². The number of hydrogen-bond acceptors (Lipinski definition) is 2. The van der Waals surface area contributed by atoms with Crippen molar-refractivity contribution in [1.29, 1.82) is 0 Å². The molecule has 0 aliphatic heterocycles. The number of fused-ring (bicyclic) bond motifs is 3. The summed E-state index contributed by atoms with van der Waals surface area (Å²) in [5.74, 6) is 1.53. The molecule has 80 valence electrons. The lowest BCUT2D eigenvalue weighted by molar-refractivity contribution is 0.270. The molecule has 0 N–H and O–H groups in total. The maximum atomic E-state index is 6.12. The van der Waals surface area contributed by atoms with Gasteiger partial charge in [-0.25, -0.2) is 9.97 Å². The molecule has 0 unspecified atom stereocenters. The van der Waals surface area contributed by atoms with E-state index in [1.54, 1.807) is 6.33 Å². The van der Waals surface area contributed by atoms with Gasteiger partial charge in [0.1, 0.15) is 11.5 Å². The molecule has 0 bridgehead atoms. The SMILES string of the molecule is Clc1ncnc2c1CC[C@H]1CCCC[C@@H]21. The first-order valence-electron chi connectivity index (χ1n) is 5.85. The highest BCUT2D eigenvalue weighted by Crippen LogP contribution is 2.45. The van der Waals surface area contributed by atoms with Gasteiger partial charge in [-0.15, -0.1) is 0 Å². The molecule has 0 aromatic carbocycles. The van der Waals surface area contributed by atoms with Crippen LogP contribution in [0.2, 0.25) is 5.15 Å². The van der Waals surface area contributed by atoms with Gasteiger partial charge >= 0.3 is 0 Å². The van der Waals surface area contributed by atoms with E-state index in [2.05, 4.69) is 9.97 Å². The fourth-order valence-electron chi connectivity index (χ4n) is 3.20. The van der Waals surface area contributed by atoms with Crippen LogP contribution in [0.1, 0.15) is 49.3 Å². The zero-order chi connectivity index (χ0) is 10.3. The Morgan fingerprint density at radius 1 is 1.13 bits per heavy atom. The summed E-state index contributed by atoms with van der Waals surface area (Å²) in [5, 5.41) is 0.684. The molecule has 1 aromatic rings. The van der Waals surface area contributed by atoms with Crippen LogP contribution in [0.3, 0.4) is 0 Å². The van der Waals surface area contributed by atoms with Crippen molar-refractivity contribution in [1.82, 2.24) is 9.97 Å². The van der Waals surface area contributed by atoms with E-state index < -0.39 is 0 Å². The highest BCUT2D eigenvalue weighted by atomic mass is 35.5. The molecule has 3 heteroatoms. The van der Waals surface area contributed by atoms with E-state index in [0.29, 0.717) is 11.1 Å². The summed E-state index contributed by atoms with van der Waals surface area (Å²) in [6.45, 7) is 0. The van der Waals surface area contributed by atoms with Crippen LogP contribution in [0.5, 0.6) is 0 Å². The average Bonchev–Trinajstić information content (AvgIpc) is 2.29. The van der Waals surface area contributed by atoms with Gasteiger partial charge in [0.15, 0.2) is 0 Å². The van der Waals surface area contributed by atoms with Crippen LogP contribution >= 0.6 is 11.6 Å². The number of rotatable bonds is 0. The van der Waals surface area contributed by atoms with E-state index in [1.165, 1.54) is 43.4 Å². The maximum absolute atomic E-state index is 6.12. The van der Waals surface area contributed by atoms with Crippen LogP contribution in [0.25, 0.3) is 0 Å². The molecule has 2 aliphatic rings. The fourth-order valence-corrected chi connectivity index (χ4v) is 3.43. The molecule has 2 nitrogen and oxygen atoms in total. The zero-order valence-electron chi connectivity index (χ0n) is 8.75. The molecule has 1 aromatic heterocycles. The van der Waals surface area contributed by atoms with Crippen LogP contribution in [0, 0.1) is 5.92 Å². The fraction of sp³-hybridized carbons (Fsp3) is 0.667. The van der Waals surface area contributed by atoms with Crippen molar-refractivity contribution in [3.8, 4) is 0 Å². The summed E-state index contributed by atoms with van der Waals surface area (Å²) < 4.78 is 0. The van der Waals surface area contributed by atoms with Gasteiger partial charge in [-0.05, 0) is 31.6 Å². The van der Waals surface area contributed by atoms with Crippen LogP contribution in [0.15, 0.2) is 6.33 Å². The molecule has 2 aliphatic carbocycles. The van der Waals surface area contributed by atoms with E-state index in [1.807, 2.05) is 0 Å². The second-order valence-electron chi connectivity index (χ2n) is 4.72. The molecule has 1 heterocycles. The summed E-state index contributed by atoms with van der Waals surface area (Å²) in [5.41, 5.74) is 2.48. The first-order valence-corrected chi connectivity index (χ1v) is 6.23. The lowest BCUT2D eigenvalue weighted by Crippen LogP contribution is -2.25. The number of nitrogens with zero attached hydrogens (tertiary/aromatic N) is 2. The molecule has 15 heavy (non-hydrogen) atoms. The molecule has 0 spiro atoms. The van der Waals surface area contributed by atoms with Crippen molar-refractivity contribution in [2.24, 2.45) is 5.92 Å². The van der Waals surface area contributed by atoms with Gasteiger partial charge in [0, 0.05) is 11.5 Å². The molecule has 0 radical (unpaired) electrons. The Labute approximate surface area is 95.1 Å². The highest BCUT2D eigenvalue weighted by Gasteiger charge is 2.33. The molecule has 0 amide bonds. The minimum Gasteiger partial charge on any atom is -0.241 e.